The highest BCUT2D eigenvalue weighted by molar-refractivity contribution is 7.99. The molecule has 1 saturated heterocycles. The maximum Gasteiger partial charge on any atom is 0.317 e. The Morgan fingerprint density at radius 3 is 2.77 bits per heavy atom. The number of hydrogen-bond donors (Lipinski definition) is 2. The van der Waals surface area contributed by atoms with Gasteiger partial charge in [0.1, 0.15) is 0 Å². The number of urea groups is 1. The first-order chi connectivity index (χ1) is 10.6. The van der Waals surface area contributed by atoms with E-state index in [1.165, 1.54) is 10.5 Å². The van der Waals surface area contributed by atoms with E-state index in [1.807, 2.05) is 0 Å². The van der Waals surface area contributed by atoms with Gasteiger partial charge in [-0.1, -0.05) is 17.7 Å². The minimum absolute atomic E-state index is 0.158. The molecule has 0 unspecified atom stereocenters. The van der Waals surface area contributed by atoms with Gasteiger partial charge in [-0.3, -0.25) is 0 Å². The lowest BCUT2D eigenvalue weighted by molar-refractivity contribution is 0.122. The molecule has 0 aliphatic carbocycles. The highest BCUT2D eigenvalue weighted by Gasteiger charge is 2.28. The van der Waals surface area contributed by atoms with Gasteiger partial charge >= 0.3 is 6.03 Å². The van der Waals surface area contributed by atoms with Crippen molar-refractivity contribution in [1.82, 2.24) is 10.2 Å². The number of aliphatic hydroxyl groups is 1. The molecule has 122 valence electrons. The number of nitrogens with one attached hydrogen (secondary N) is 1. The SMILES string of the molecule is Cc1ccc(SCCCN(C)C(=O)N[C@H]2COC[C@@H]2O)cc1. The number of aryl methyl sites for hydroxylation is 1. The number of benzene rings is 1. The van der Waals surface area contributed by atoms with E-state index in [2.05, 4.69) is 36.5 Å². The molecule has 1 fully saturated rings. The molecule has 0 radical (unpaired) electrons. The van der Waals surface area contributed by atoms with Crippen molar-refractivity contribution < 1.29 is 14.6 Å². The number of aliphatic hydroxyl groups excluding tert-OH is 1. The maximum atomic E-state index is 12.0. The Hall–Kier alpha value is -1.24. The third kappa shape index (κ3) is 5.19. The Morgan fingerprint density at radius 1 is 1.41 bits per heavy atom. The van der Waals surface area contributed by atoms with Crippen LogP contribution in [0.2, 0.25) is 0 Å². The van der Waals surface area contributed by atoms with E-state index in [1.54, 1.807) is 23.7 Å². The fourth-order valence-electron chi connectivity index (χ4n) is 2.18. The van der Waals surface area contributed by atoms with Gasteiger partial charge in [0.15, 0.2) is 0 Å². The second-order valence-corrected chi connectivity index (χ2v) is 6.77. The first kappa shape index (κ1) is 17.1. The summed E-state index contributed by atoms with van der Waals surface area (Å²) in [5, 5.41) is 12.4. The molecule has 0 aromatic heterocycles. The highest BCUT2D eigenvalue weighted by Crippen LogP contribution is 2.19. The standard InChI is InChI=1S/C16H24N2O3S/c1-12-4-6-13(7-5-12)22-9-3-8-18(2)16(20)17-14-10-21-11-15(14)19/h4-7,14-15,19H,3,8-11H2,1-2H3,(H,17,20)/t14-,15-/m0/s1. The summed E-state index contributed by atoms with van der Waals surface area (Å²) >= 11 is 1.80. The van der Waals surface area contributed by atoms with E-state index in [-0.39, 0.29) is 12.1 Å². The van der Waals surface area contributed by atoms with Crippen molar-refractivity contribution in [2.24, 2.45) is 0 Å². The van der Waals surface area contributed by atoms with Crippen molar-refractivity contribution in [3.05, 3.63) is 29.8 Å². The summed E-state index contributed by atoms with van der Waals surface area (Å²) in [5.74, 6) is 0.968. The first-order valence-corrected chi connectivity index (χ1v) is 8.51. The molecular formula is C16H24N2O3S. The molecule has 1 aliphatic rings. The zero-order valence-corrected chi connectivity index (χ0v) is 13.9. The summed E-state index contributed by atoms with van der Waals surface area (Å²) in [6, 6.07) is 8.01. The van der Waals surface area contributed by atoms with Crippen molar-refractivity contribution in [1.29, 1.82) is 0 Å². The number of rotatable bonds is 6. The lowest BCUT2D eigenvalue weighted by Crippen LogP contribution is -2.48. The molecule has 0 spiro atoms. The van der Waals surface area contributed by atoms with Crippen LogP contribution in [0.15, 0.2) is 29.2 Å². The van der Waals surface area contributed by atoms with Gasteiger partial charge in [0.05, 0.1) is 25.4 Å². The largest absolute Gasteiger partial charge is 0.388 e. The third-order valence-corrected chi connectivity index (χ3v) is 4.73. The minimum atomic E-state index is -0.602. The van der Waals surface area contributed by atoms with Gasteiger partial charge in [0.25, 0.3) is 0 Å². The number of nitrogens with zero attached hydrogens (tertiary/aromatic N) is 1. The molecule has 22 heavy (non-hydrogen) atoms. The number of ether oxygens (including phenoxy) is 1. The number of carbonyl (C=O) groups excluding carboxylic acids is 1. The van der Waals surface area contributed by atoms with Crippen LogP contribution in [-0.2, 0) is 4.74 Å². The van der Waals surface area contributed by atoms with Crippen LogP contribution in [0.4, 0.5) is 4.79 Å². The summed E-state index contributed by atoms with van der Waals surface area (Å²) in [6.45, 7) is 3.44. The molecule has 1 heterocycles. The Morgan fingerprint density at radius 2 is 2.14 bits per heavy atom. The molecule has 5 nitrogen and oxygen atoms in total. The van der Waals surface area contributed by atoms with Gasteiger partial charge in [-0.15, -0.1) is 11.8 Å². The van der Waals surface area contributed by atoms with Crippen molar-refractivity contribution in [2.45, 2.75) is 30.4 Å². The Bertz CT molecular complexity index is 481. The monoisotopic (exact) mass is 324 g/mol. The summed E-state index contributed by atoms with van der Waals surface area (Å²) in [4.78, 5) is 14.9. The van der Waals surface area contributed by atoms with E-state index in [4.69, 9.17) is 4.74 Å². The van der Waals surface area contributed by atoms with Gasteiger partial charge < -0.3 is 20.1 Å². The molecule has 1 aromatic carbocycles. The quantitative estimate of drug-likeness (QED) is 0.619. The van der Waals surface area contributed by atoms with Crippen molar-refractivity contribution in [2.75, 3.05) is 32.6 Å². The van der Waals surface area contributed by atoms with Gasteiger partial charge in [-0.25, -0.2) is 4.79 Å². The zero-order chi connectivity index (χ0) is 15.9. The van der Waals surface area contributed by atoms with Crippen LogP contribution in [0.25, 0.3) is 0 Å². The van der Waals surface area contributed by atoms with Crippen LogP contribution in [0.1, 0.15) is 12.0 Å². The number of amides is 2. The Kier molecular flexibility index (Phi) is 6.54. The Labute approximate surface area is 136 Å². The van der Waals surface area contributed by atoms with E-state index >= 15 is 0 Å². The smallest absolute Gasteiger partial charge is 0.317 e. The van der Waals surface area contributed by atoms with E-state index < -0.39 is 6.10 Å². The van der Waals surface area contributed by atoms with Crippen LogP contribution in [0, 0.1) is 6.92 Å². The predicted octanol–water partition coefficient (Wildman–Crippen LogP) is 1.88. The van der Waals surface area contributed by atoms with Crippen LogP contribution < -0.4 is 5.32 Å². The second-order valence-electron chi connectivity index (χ2n) is 5.60. The average molecular weight is 324 g/mol. The fraction of sp³-hybridized carbons (Fsp3) is 0.562. The summed E-state index contributed by atoms with van der Waals surface area (Å²) in [5.41, 5.74) is 1.26. The summed E-state index contributed by atoms with van der Waals surface area (Å²) < 4.78 is 5.12. The van der Waals surface area contributed by atoms with E-state index in [9.17, 15) is 9.90 Å². The number of hydrogen-bond acceptors (Lipinski definition) is 4. The molecule has 2 rings (SSSR count). The summed E-state index contributed by atoms with van der Waals surface area (Å²) in [6.07, 6.45) is 0.320. The normalized spacial score (nSPS) is 20.9. The van der Waals surface area contributed by atoms with Crippen LogP contribution in [0.3, 0.4) is 0 Å². The highest BCUT2D eigenvalue weighted by atomic mass is 32.2. The van der Waals surface area contributed by atoms with Crippen LogP contribution >= 0.6 is 11.8 Å². The zero-order valence-electron chi connectivity index (χ0n) is 13.1. The number of thioether (sulfide) groups is 1. The van der Waals surface area contributed by atoms with Gasteiger partial charge in [0, 0.05) is 18.5 Å². The van der Waals surface area contributed by atoms with Crippen molar-refractivity contribution in [3.63, 3.8) is 0 Å². The molecule has 1 aromatic rings. The fourth-order valence-corrected chi connectivity index (χ4v) is 3.02. The van der Waals surface area contributed by atoms with E-state index in [0.717, 1.165) is 12.2 Å². The van der Waals surface area contributed by atoms with Crippen LogP contribution in [-0.4, -0.2) is 60.7 Å². The summed E-state index contributed by atoms with van der Waals surface area (Å²) in [7, 11) is 1.77. The molecule has 0 bridgehead atoms. The Balaban J connectivity index is 1.63. The van der Waals surface area contributed by atoms with Crippen LogP contribution in [0.5, 0.6) is 0 Å². The molecule has 2 atom stereocenters. The minimum Gasteiger partial charge on any atom is -0.388 e. The molecule has 0 saturated carbocycles. The predicted molar refractivity (Wildman–Crippen MR) is 88.3 cm³/mol. The molecule has 2 N–H and O–H groups in total. The third-order valence-electron chi connectivity index (χ3n) is 3.63. The molecule has 1 aliphatic heterocycles. The molecule has 6 heteroatoms. The van der Waals surface area contributed by atoms with Gasteiger partial charge in [-0.2, -0.15) is 0 Å². The van der Waals surface area contributed by atoms with Gasteiger partial charge in [0.2, 0.25) is 0 Å². The van der Waals surface area contributed by atoms with E-state index in [0.29, 0.717) is 19.8 Å². The second kappa shape index (κ2) is 8.41. The van der Waals surface area contributed by atoms with Gasteiger partial charge in [-0.05, 0) is 31.2 Å². The number of carbonyl (C=O) groups is 1. The molecule has 2 amide bonds. The first-order valence-electron chi connectivity index (χ1n) is 7.53. The lowest BCUT2D eigenvalue weighted by atomic mass is 10.2. The average Bonchev–Trinajstić information content (AvgIpc) is 2.90. The maximum absolute atomic E-state index is 12.0. The molecular weight excluding hydrogens is 300 g/mol. The lowest BCUT2D eigenvalue weighted by Gasteiger charge is -2.21. The topological polar surface area (TPSA) is 61.8 Å². The van der Waals surface area contributed by atoms with Crippen molar-refractivity contribution in [3.8, 4) is 0 Å². The van der Waals surface area contributed by atoms with Crippen molar-refractivity contribution >= 4 is 17.8 Å².